The van der Waals surface area contributed by atoms with Crippen LogP contribution >= 0.6 is 0 Å². The van der Waals surface area contributed by atoms with Gasteiger partial charge in [-0.05, 0) is 99.8 Å². The van der Waals surface area contributed by atoms with Crippen LogP contribution < -0.4 is 0 Å². The van der Waals surface area contributed by atoms with Crippen molar-refractivity contribution in [1.29, 1.82) is 0 Å². The van der Waals surface area contributed by atoms with E-state index in [0.29, 0.717) is 17.6 Å². The van der Waals surface area contributed by atoms with Gasteiger partial charge in [0.05, 0.1) is 67.5 Å². The predicted molar refractivity (Wildman–Crippen MR) is 293 cm³/mol. The van der Waals surface area contributed by atoms with Crippen LogP contribution in [0.25, 0.3) is 0 Å². The van der Waals surface area contributed by atoms with Gasteiger partial charge in [0.25, 0.3) is 0 Å². The molecule has 5 heterocycles. The standard InChI is InChI=1S/C59H96O22/c1-29-20-30(2)24-40(60)43(72-15)27-42(77-55(67)34(6)25-39(71-14)23-31(3)22-33(5)50(32(4)21-29)79-56-49(64)48(63)47(62)36(8)76-56)35(7)59(69)54(73-16)53(66)58(12,44(80-59)18-17-19-70-13)81-45-26-41(61)51(37(9)74-45)78-46-28-57(11,68)52(65)38(10)75-46/h20-25,33,35-38,40-54,56,60-66,68-69H,17-19,26-28H2,1-16H3/t33?,35?,36-,37+,38+,40?,41-,42?,43?,44?,45-,46-,47-,48+,49-,50?,51+,52+,53?,54?,56-,57+,58?,59?/m0/s1. The summed E-state index contributed by atoms with van der Waals surface area (Å²) in [4.78, 5) is 14.4. The third-order valence-electron chi connectivity index (χ3n) is 16.5. The molecule has 5 rings (SSSR count). The van der Waals surface area contributed by atoms with Gasteiger partial charge in [0, 0.05) is 58.7 Å². The van der Waals surface area contributed by atoms with E-state index in [0.717, 1.165) is 11.1 Å². The highest BCUT2D eigenvalue weighted by Crippen LogP contribution is 2.47. The van der Waals surface area contributed by atoms with Crippen molar-refractivity contribution in [2.75, 3.05) is 35.0 Å². The molecule has 24 atom stereocenters. The Labute approximate surface area is 477 Å². The molecular formula is C59H96O22. The molecule has 0 spiro atoms. The van der Waals surface area contributed by atoms with Crippen molar-refractivity contribution in [2.45, 2.75) is 249 Å². The summed E-state index contributed by atoms with van der Waals surface area (Å²) in [5.41, 5.74) is -0.327. The number of allylic oxidation sites excluding steroid dienone is 7. The van der Waals surface area contributed by atoms with E-state index in [2.05, 4.69) is 0 Å². The van der Waals surface area contributed by atoms with Crippen molar-refractivity contribution >= 4 is 5.97 Å². The van der Waals surface area contributed by atoms with Crippen molar-refractivity contribution in [2.24, 2.45) is 11.8 Å². The lowest BCUT2D eigenvalue weighted by molar-refractivity contribution is -0.416. The number of hydrogen-bond donors (Lipinski definition) is 9. The lowest BCUT2D eigenvalue weighted by Gasteiger charge is -2.57. The third kappa shape index (κ3) is 16.7. The average Bonchev–Trinajstić information content (AvgIpc) is 3.57. The van der Waals surface area contributed by atoms with Gasteiger partial charge in [-0.2, -0.15) is 0 Å². The number of hydrogen-bond acceptors (Lipinski definition) is 22. The lowest BCUT2D eigenvalue weighted by Crippen LogP contribution is -2.74. The molecule has 0 amide bonds. The SMILES string of the molecule is COCCCC1OC(O)(C(C)C2CC(OC)C(O)C=C(C)C=C(C)C=C(C)C(O[C@@H]3O[C@@H](C)[C@H](O)[C@@H](O)[C@@H]3O)C(C)C=C(C)C=C(OC)C=C(C)C(=O)O2)C(OC)C(O)C1(C)O[C@H]1C[C@H](O)[C@H](O[C@H]2C[C@@](C)(O)[C@H](O)[C@@H](C)O2)[C@@H](C)O1. The molecule has 0 aliphatic carbocycles. The number of methoxy groups -OCH3 is 4. The zero-order valence-electron chi connectivity index (χ0n) is 50.2. The molecule has 4 saturated heterocycles. The topological polar surface area (TPSA) is 310 Å². The van der Waals surface area contributed by atoms with Crippen LogP contribution in [0.2, 0.25) is 0 Å². The Balaban J connectivity index is 1.49. The smallest absolute Gasteiger partial charge is 0.334 e. The average molecular weight is 1160 g/mol. The van der Waals surface area contributed by atoms with Gasteiger partial charge >= 0.3 is 5.97 Å². The van der Waals surface area contributed by atoms with Crippen LogP contribution in [-0.2, 0) is 61.6 Å². The second-order valence-electron chi connectivity index (χ2n) is 23.4. The fourth-order valence-electron chi connectivity index (χ4n) is 11.7. The maximum absolute atomic E-state index is 14.4. The summed E-state index contributed by atoms with van der Waals surface area (Å²) in [5, 5.41) is 102. The number of aliphatic hydroxyl groups is 9. The summed E-state index contributed by atoms with van der Waals surface area (Å²) in [5.74, 6) is -4.64. The number of carbonyl (C=O) groups is 1. The molecule has 11 unspecified atom stereocenters. The van der Waals surface area contributed by atoms with E-state index >= 15 is 0 Å². The molecule has 4 fully saturated rings. The number of esters is 1. The van der Waals surface area contributed by atoms with E-state index in [1.165, 1.54) is 48.4 Å². The quantitative estimate of drug-likeness (QED) is 0.0840. The highest BCUT2D eigenvalue weighted by atomic mass is 16.7. The Morgan fingerprint density at radius 1 is 0.716 bits per heavy atom. The van der Waals surface area contributed by atoms with Gasteiger partial charge < -0.3 is 103 Å². The minimum absolute atomic E-state index is 0.0661. The maximum atomic E-state index is 14.4. The van der Waals surface area contributed by atoms with Crippen LogP contribution in [0, 0.1) is 11.8 Å². The monoisotopic (exact) mass is 1160 g/mol. The van der Waals surface area contributed by atoms with E-state index in [1.54, 1.807) is 53.7 Å². The second kappa shape index (κ2) is 29.4. The Kier molecular flexibility index (Phi) is 24.9. The Morgan fingerprint density at radius 3 is 1.98 bits per heavy atom. The molecule has 0 bridgehead atoms. The Morgan fingerprint density at radius 2 is 1.37 bits per heavy atom. The minimum atomic E-state index is -2.44. The predicted octanol–water partition coefficient (Wildman–Crippen LogP) is 3.22. The first-order chi connectivity index (χ1) is 37.8. The summed E-state index contributed by atoms with van der Waals surface area (Å²) >= 11 is 0. The van der Waals surface area contributed by atoms with Gasteiger partial charge in [0.2, 0.25) is 5.79 Å². The fraction of sp³-hybridized carbons (Fsp3) is 0.780. The van der Waals surface area contributed by atoms with E-state index in [4.69, 9.17) is 56.8 Å². The number of carbonyl (C=O) groups excluding carboxylic acids is 1. The highest BCUT2D eigenvalue weighted by molar-refractivity contribution is 5.88. The molecule has 0 aromatic rings. The molecule has 81 heavy (non-hydrogen) atoms. The lowest BCUT2D eigenvalue weighted by atomic mass is 9.75. The van der Waals surface area contributed by atoms with Crippen molar-refractivity contribution in [1.82, 2.24) is 0 Å². The molecular weight excluding hydrogens is 1060 g/mol. The van der Waals surface area contributed by atoms with Crippen LogP contribution in [0.3, 0.4) is 0 Å². The van der Waals surface area contributed by atoms with Crippen LogP contribution in [0.15, 0.2) is 70.1 Å². The van der Waals surface area contributed by atoms with Crippen molar-refractivity contribution in [3.05, 3.63) is 70.1 Å². The Bertz CT molecular complexity index is 2230. The molecule has 0 radical (unpaired) electrons. The van der Waals surface area contributed by atoms with Gasteiger partial charge in [0.1, 0.15) is 60.2 Å². The van der Waals surface area contributed by atoms with Crippen LogP contribution in [0.1, 0.15) is 115 Å². The molecule has 0 saturated carbocycles. The first-order valence-corrected chi connectivity index (χ1v) is 28.1. The molecule has 22 heteroatoms. The molecule has 464 valence electrons. The number of rotatable bonds is 15. The van der Waals surface area contributed by atoms with Crippen molar-refractivity contribution in [3.8, 4) is 0 Å². The van der Waals surface area contributed by atoms with Crippen LogP contribution in [0.4, 0.5) is 0 Å². The van der Waals surface area contributed by atoms with E-state index in [-0.39, 0.29) is 43.6 Å². The van der Waals surface area contributed by atoms with Crippen molar-refractivity contribution in [3.63, 3.8) is 0 Å². The highest BCUT2D eigenvalue weighted by Gasteiger charge is 2.64. The maximum Gasteiger partial charge on any atom is 0.334 e. The summed E-state index contributed by atoms with van der Waals surface area (Å²) in [6.07, 6.45) is -11.8. The molecule has 5 aliphatic rings. The number of ether oxygens (including phenoxy) is 12. The summed E-state index contributed by atoms with van der Waals surface area (Å²) in [6, 6.07) is 0. The van der Waals surface area contributed by atoms with Gasteiger partial charge in [-0.1, -0.05) is 54.9 Å². The molecule has 5 aliphatic heterocycles. The first kappa shape index (κ1) is 68.7. The van der Waals surface area contributed by atoms with Gasteiger partial charge in [0.15, 0.2) is 18.9 Å². The normalized spacial score (nSPS) is 43.4. The summed E-state index contributed by atoms with van der Waals surface area (Å²) < 4.78 is 73.2. The number of cyclic esters (lactones) is 1. The zero-order chi connectivity index (χ0) is 60.6. The molecule has 0 aromatic heterocycles. The van der Waals surface area contributed by atoms with Gasteiger partial charge in [-0.25, -0.2) is 4.79 Å². The fourth-order valence-corrected chi connectivity index (χ4v) is 11.7. The van der Waals surface area contributed by atoms with Gasteiger partial charge in [-0.15, -0.1) is 0 Å². The van der Waals surface area contributed by atoms with E-state index < -0.39 is 151 Å². The zero-order valence-corrected chi connectivity index (χ0v) is 50.2. The van der Waals surface area contributed by atoms with Crippen LogP contribution in [-0.4, -0.2) is 220 Å². The minimum Gasteiger partial charge on any atom is -0.497 e. The summed E-state index contributed by atoms with van der Waals surface area (Å²) in [6.45, 7) is 20.5. The summed E-state index contributed by atoms with van der Waals surface area (Å²) in [7, 11) is 5.64. The first-order valence-electron chi connectivity index (χ1n) is 28.1. The van der Waals surface area contributed by atoms with Gasteiger partial charge in [-0.3, -0.25) is 0 Å². The molecule has 22 nitrogen and oxygen atoms in total. The Hall–Kier alpha value is -3.05. The van der Waals surface area contributed by atoms with E-state index in [9.17, 15) is 50.8 Å². The molecule has 9 N–H and O–H groups in total. The van der Waals surface area contributed by atoms with Crippen molar-refractivity contribution < 1.29 is 108 Å². The number of aliphatic hydroxyl groups excluding tert-OH is 7. The van der Waals surface area contributed by atoms with E-state index in [1.807, 2.05) is 45.9 Å². The van der Waals surface area contributed by atoms with Crippen LogP contribution in [0.5, 0.6) is 0 Å². The third-order valence-corrected chi connectivity index (χ3v) is 16.5. The molecule has 0 aromatic carbocycles. The largest absolute Gasteiger partial charge is 0.497 e. The second-order valence-corrected chi connectivity index (χ2v) is 23.4.